The molecule has 1 heterocycles. The van der Waals surface area contributed by atoms with Gasteiger partial charge in [0.1, 0.15) is 24.4 Å². The molecule has 0 bridgehead atoms. The second-order valence-electron chi connectivity index (χ2n) is 12.7. The molecule has 7 atom stereocenters. The minimum Gasteiger partial charge on any atom is -0.394 e. The summed E-state index contributed by atoms with van der Waals surface area (Å²) in [4.78, 5) is 12.8. The Labute approximate surface area is 273 Å². The highest BCUT2D eigenvalue weighted by atomic mass is 16.7. The maximum Gasteiger partial charge on any atom is 0.220 e. The van der Waals surface area contributed by atoms with Crippen LogP contribution in [0.25, 0.3) is 0 Å². The van der Waals surface area contributed by atoms with Gasteiger partial charge in [-0.3, -0.25) is 4.79 Å². The molecule has 1 aliphatic rings. The van der Waals surface area contributed by atoms with Crippen LogP contribution in [0.1, 0.15) is 142 Å². The number of aliphatic hydroxyl groups excluding tert-OH is 5. The third kappa shape index (κ3) is 19.8. The minimum atomic E-state index is -1.57. The lowest BCUT2D eigenvalue weighted by molar-refractivity contribution is -0.302. The summed E-state index contributed by atoms with van der Waals surface area (Å²) in [6, 6.07) is -0.812. The van der Waals surface area contributed by atoms with E-state index in [1.807, 2.05) is 6.08 Å². The predicted molar refractivity (Wildman–Crippen MR) is 180 cm³/mol. The first-order valence-electron chi connectivity index (χ1n) is 18.1. The van der Waals surface area contributed by atoms with Crippen LogP contribution in [-0.2, 0) is 14.3 Å². The summed E-state index contributed by atoms with van der Waals surface area (Å²) >= 11 is 0. The van der Waals surface area contributed by atoms with Crippen LogP contribution in [0.3, 0.4) is 0 Å². The average molecular weight is 642 g/mol. The fourth-order valence-electron chi connectivity index (χ4n) is 5.53. The number of rotatable bonds is 28. The van der Waals surface area contributed by atoms with Crippen molar-refractivity contribution in [2.75, 3.05) is 13.2 Å². The first-order chi connectivity index (χ1) is 21.8. The van der Waals surface area contributed by atoms with E-state index >= 15 is 0 Å². The van der Waals surface area contributed by atoms with Gasteiger partial charge in [-0.25, -0.2) is 0 Å². The largest absolute Gasteiger partial charge is 0.394 e. The molecule has 1 rings (SSSR count). The van der Waals surface area contributed by atoms with Gasteiger partial charge in [-0.1, -0.05) is 134 Å². The summed E-state index contributed by atoms with van der Waals surface area (Å²) in [5.41, 5.74) is 0. The average Bonchev–Trinajstić information content (AvgIpc) is 3.04. The number of carbonyl (C=O) groups is 1. The van der Waals surface area contributed by atoms with Crippen molar-refractivity contribution < 1.29 is 39.8 Å². The van der Waals surface area contributed by atoms with Crippen molar-refractivity contribution in [1.82, 2.24) is 5.32 Å². The van der Waals surface area contributed by atoms with E-state index in [-0.39, 0.29) is 12.5 Å². The number of hydrogen-bond donors (Lipinski definition) is 6. The molecule has 0 spiro atoms. The Kier molecular flexibility index (Phi) is 25.7. The lowest BCUT2D eigenvalue weighted by atomic mass is 9.99. The van der Waals surface area contributed by atoms with Crippen LogP contribution in [0.2, 0.25) is 0 Å². The van der Waals surface area contributed by atoms with Crippen LogP contribution in [0, 0.1) is 0 Å². The van der Waals surface area contributed by atoms with E-state index < -0.39 is 49.5 Å². The number of nitrogens with one attached hydrogen (secondary N) is 1. The Morgan fingerprint density at radius 3 is 1.82 bits per heavy atom. The molecular weight excluding hydrogens is 574 g/mol. The van der Waals surface area contributed by atoms with Crippen LogP contribution in [0.4, 0.5) is 0 Å². The normalized spacial score (nSPS) is 23.6. The summed E-state index contributed by atoms with van der Waals surface area (Å²) in [6.45, 7) is 3.62. The SMILES string of the molecule is CCC/C=C/CC/C=C/C(O)C(COC1OC(CO)C(O)C(O)C1O)NC(=O)CCCCCCCCCCCCCCCCC. The van der Waals surface area contributed by atoms with Gasteiger partial charge >= 0.3 is 0 Å². The molecule has 0 aliphatic carbocycles. The Hall–Kier alpha value is -1.33. The number of hydrogen-bond acceptors (Lipinski definition) is 8. The third-order valence-electron chi connectivity index (χ3n) is 8.51. The highest BCUT2D eigenvalue weighted by Crippen LogP contribution is 2.22. The number of amides is 1. The molecule has 1 aliphatic heterocycles. The van der Waals surface area contributed by atoms with Crippen LogP contribution >= 0.6 is 0 Å². The molecule has 9 nitrogen and oxygen atoms in total. The standard InChI is InChI=1S/C36H67NO8/c1-3-5-7-9-11-12-13-14-15-16-17-18-20-22-24-26-32(40)37-29(30(39)25-23-21-19-10-8-6-4-2)28-44-36-35(43)34(42)33(41)31(27-38)45-36/h8,10,23,25,29-31,33-36,38-39,41-43H,3-7,9,11-22,24,26-28H2,1-2H3,(H,37,40)/b10-8+,25-23+. The molecule has 0 aromatic rings. The zero-order valence-corrected chi connectivity index (χ0v) is 28.4. The van der Waals surface area contributed by atoms with Gasteiger partial charge in [0, 0.05) is 6.42 Å². The second kappa shape index (κ2) is 27.8. The molecule has 45 heavy (non-hydrogen) atoms. The molecule has 264 valence electrons. The van der Waals surface area contributed by atoms with Gasteiger partial charge in [0.05, 0.1) is 25.4 Å². The van der Waals surface area contributed by atoms with Crippen molar-refractivity contribution in [3.63, 3.8) is 0 Å². The quantitative estimate of drug-likeness (QED) is 0.0478. The lowest BCUT2D eigenvalue weighted by Crippen LogP contribution is -2.60. The summed E-state index contributed by atoms with van der Waals surface area (Å²) in [6.07, 6.45) is 22.5. The number of carbonyl (C=O) groups excluding carboxylic acids is 1. The molecule has 0 aromatic carbocycles. The summed E-state index contributed by atoms with van der Waals surface area (Å²) in [5, 5.41) is 53.5. The molecule has 6 N–H and O–H groups in total. The molecule has 1 amide bonds. The number of ether oxygens (including phenoxy) is 2. The summed E-state index contributed by atoms with van der Waals surface area (Å²) in [7, 11) is 0. The zero-order chi connectivity index (χ0) is 33.1. The molecule has 0 saturated carbocycles. The van der Waals surface area contributed by atoms with Gasteiger partial charge in [0.2, 0.25) is 5.91 Å². The number of allylic oxidation sites excluding steroid dienone is 3. The van der Waals surface area contributed by atoms with Crippen molar-refractivity contribution in [1.29, 1.82) is 0 Å². The molecule has 9 heteroatoms. The van der Waals surface area contributed by atoms with E-state index in [1.165, 1.54) is 77.0 Å². The van der Waals surface area contributed by atoms with Crippen molar-refractivity contribution >= 4 is 5.91 Å². The highest BCUT2D eigenvalue weighted by Gasteiger charge is 2.44. The third-order valence-corrected chi connectivity index (χ3v) is 8.51. The maximum absolute atomic E-state index is 12.8. The molecule has 1 saturated heterocycles. The zero-order valence-electron chi connectivity index (χ0n) is 28.4. The van der Waals surface area contributed by atoms with E-state index in [4.69, 9.17) is 9.47 Å². The molecule has 0 aromatic heterocycles. The van der Waals surface area contributed by atoms with Gasteiger partial charge in [-0.2, -0.15) is 0 Å². The minimum absolute atomic E-state index is 0.193. The van der Waals surface area contributed by atoms with Crippen molar-refractivity contribution in [2.45, 2.75) is 185 Å². The Morgan fingerprint density at radius 1 is 0.733 bits per heavy atom. The molecule has 7 unspecified atom stereocenters. The van der Waals surface area contributed by atoms with E-state index in [0.717, 1.165) is 44.9 Å². The van der Waals surface area contributed by atoms with Crippen LogP contribution in [0.15, 0.2) is 24.3 Å². The first-order valence-corrected chi connectivity index (χ1v) is 18.1. The monoisotopic (exact) mass is 641 g/mol. The maximum atomic E-state index is 12.8. The Balaban J connectivity index is 2.41. The van der Waals surface area contributed by atoms with E-state index in [0.29, 0.717) is 6.42 Å². The molecule has 0 radical (unpaired) electrons. The van der Waals surface area contributed by atoms with Crippen LogP contribution in [-0.4, -0.2) is 87.5 Å². The summed E-state index contributed by atoms with van der Waals surface area (Å²) in [5.74, 6) is -0.193. The van der Waals surface area contributed by atoms with Crippen LogP contribution in [0.5, 0.6) is 0 Å². The molecule has 1 fully saturated rings. The first kappa shape index (κ1) is 41.7. The second-order valence-corrected chi connectivity index (χ2v) is 12.7. The van der Waals surface area contributed by atoms with Gasteiger partial charge in [-0.05, 0) is 25.7 Å². The smallest absolute Gasteiger partial charge is 0.220 e. The van der Waals surface area contributed by atoms with Crippen molar-refractivity contribution in [3.05, 3.63) is 24.3 Å². The van der Waals surface area contributed by atoms with Gasteiger partial charge < -0.3 is 40.3 Å². The predicted octanol–water partition coefficient (Wildman–Crippen LogP) is 5.60. The Bertz CT molecular complexity index is 761. The van der Waals surface area contributed by atoms with E-state index in [9.17, 15) is 30.3 Å². The van der Waals surface area contributed by atoms with Crippen molar-refractivity contribution in [2.24, 2.45) is 0 Å². The number of aliphatic hydroxyl groups is 5. The van der Waals surface area contributed by atoms with Crippen molar-refractivity contribution in [3.8, 4) is 0 Å². The summed E-state index contributed by atoms with van der Waals surface area (Å²) < 4.78 is 11.1. The lowest BCUT2D eigenvalue weighted by Gasteiger charge is -2.40. The Morgan fingerprint density at radius 2 is 1.27 bits per heavy atom. The van der Waals surface area contributed by atoms with Crippen LogP contribution < -0.4 is 5.32 Å². The highest BCUT2D eigenvalue weighted by molar-refractivity contribution is 5.76. The van der Waals surface area contributed by atoms with E-state index in [1.54, 1.807) is 6.08 Å². The van der Waals surface area contributed by atoms with E-state index in [2.05, 4.69) is 31.3 Å². The fraction of sp³-hybridized carbons (Fsp3) is 0.861. The van der Waals surface area contributed by atoms with Gasteiger partial charge in [0.25, 0.3) is 0 Å². The molecular formula is C36H67NO8. The number of unbranched alkanes of at least 4 members (excludes halogenated alkanes) is 16. The fourth-order valence-corrected chi connectivity index (χ4v) is 5.53. The topological polar surface area (TPSA) is 149 Å². The van der Waals surface area contributed by atoms with Gasteiger partial charge in [-0.15, -0.1) is 0 Å². The van der Waals surface area contributed by atoms with Gasteiger partial charge in [0.15, 0.2) is 6.29 Å².